The minimum absolute atomic E-state index is 0.0217. The van der Waals surface area contributed by atoms with Crippen LogP contribution in [0.1, 0.15) is 59.3 Å². The van der Waals surface area contributed by atoms with Gasteiger partial charge in [-0.1, -0.05) is 0 Å². The molecule has 108 valence electrons. The first kappa shape index (κ1) is 14.2. The summed E-state index contributed by atoms with van der Waals surface area (Å²) in [6, 6.07) is 0.0217. The number of hydrogen-bond donors (Lipinski definition) is 1. The van der Waals surface area contributed by atoms with E-state index in [1.807, 2.05) is 0 Å². The Balaban J connectivity index is 2.29. The number of carbonyl (C=O) groups is 2. The fourth-order valence-electron chi connectivity index (χ4n) is 3.33. The summed E-state index contributed by atoms with van der Waals surface area (Å²) in [7, 11) is 0. The van der Waals surface area contributed by atoms with Crippen LogP contribution >= 0.6 is 0 Å². The van der Waals surface area contributed by atoms with Crippen molar-refractivity contribution in [1.29, 1.82) is 0 Å². The summed E-state index contributed by atoms with van der Waals surface area (Å²) < 4.78 is 5.41. The molecule has 0 aliphatic carbocycles. The first-order valence-electron chi connectivity index (χ1n) is 7.02. The van der Waals surface area contributed by atoms with Crippen LogP contribution in [0, 0.1) is 0 Å². The van der Waals surface area contributed by atoms with Crippen molar-refractivity contribution in [2.45, 2.75) is 76.5 Å². The van der Waals surface area contributed by atoms with Gasteiger partial charge >= 0.3 is 12.1 Å². The van der Waals surface area contributed by atoms with E-state index in [-0.39, 0.29) is 6.04 Å². The lowest BCUT2D eigenvalue weighted by Crippen LogP contribution is -2.65. The number of fused-ring (bicyclic) bond motifs is 2. The van der Waals surface area contributed by atoms with Crippen molar-refractivity contribution in [3.8, 4) is 0 Å². The Morgan fingerprint density at radius 2 is 1.74 bits per heavy atom. The first-order valence-corrected chi connectivity index (χ1v) is 7.02. The van der Waals surface area contributed by atoms with Crippen LogP contribution in [0.15, 0.2) is 0 Å². The maximum Gasteiger partial charge on any atom is 0.411 e. The maximum atomic E-state index is 12.4. The lowest BCUT2D eigenvalue weighted by molar-refractivity contribution is -0.160. The number of nitrogens with zero attached hydrogens (tertiary/aromatic N) is 1. The Bertz CT molecular complexity index is 375. The van der Waals surface area contributed by atoms with E-state index < -0.39 is 23.2 Å². The molecule has 2 heterocycles. The topological polar surface area (TPSA) is 66.8 Å². The fraction of sp³-hybridized carbons (Fsp3) is 0.857. The van der Waals surface area contributed by atoms with Crippen LogP contribution in [-0.2, 0) is 9.53 Å². The smallest absolute Gasteiger partial charge is 0.411 e. The largest absolute Gasteiger partial charge is 0.479 e. The number of amides is 1. The van der Waals surface area contributed by atoms with E-state index in [4.69, 9.17) is 4.74 Å². The molecule has 0 atom stereocenters. The van der Waals surface area contributed by atoms with Gasteiger partial charge in [0, 0.05) is 6.04 Å². The highest BCUT2D eigenvalue weighted by Gasteiger charge is 2.54. The Kier molecular flexibility index (Phi) is 3.49. The van der Waals surface area contributed by atoms with Crippen molar-refractivity contribution in [3.63, 3.8) is 0 Å². The van der Waals surface area contributed by atoms with Gasteiger partial charge in [0.15, 0.2) is 0 Å². The van der Waals surface area contributed by atoms with Gasteiger partial charge in [-0.15, -0.1) is 0 Å². The van der Waals surface area contributed by atoms with E-state index in [1.54, 1.807) is 20.8 Å². The maximum absolute atomic E-state index is 12.4. The van der Waals surface area contributed by atoms with Crippen molar-refractivity contribution in [3.05, 3.63) is 0 Å². The van der Waals surface area contributed by atoms with Gasteiger partial charge < -0.3 is 9.84 Å². The second-order valence-electron chi connectivity index (χ2n) is 6.63. The fourth-order valence-corrected chi connectivity index (χ4v) is 3.33. The van der Waals surface area contributed by atoms with Crippen LogP contribution in [0.3, 0.4) is 0 Å². The number of ether oxygens (including phenoxy) is 1. The predicted octanol–water partition coefficient (Wildman–Crippen LogP) is 2.78. The number of piperidine rings is 2. The van der Waals surface area contributed by atoms with Crippen LogP contribution in [0.25, 0.3) is 0 Å². The number of carboxylic acid groups (broad SMARTS) is 1. The number of aliphatic carboxylic acids is 1. The van der Waals surface area contributed by atoms with Gasteiger partial charge in [-0.05, 0) is 59.3 Å². The van der Waals surface area contributed by atoms with Gasteiger partial charge in [0.05, 0.1) is 0 Å². The number of carbonyl (C=O) groups excluding carboxylic acids is 1. The lowest BCUT2D eigenvalue weighted by Gasteiger charge is -2.51. The Morgan fingerprint density at radius 1 is 1.21 bits per heavy atom. The zero-order chi connectivity index (χ0) is 14.3. The summed E-state index contributed by atoms with van der Waals surface area (Å²) in [5.41, 5.74) is -1.63. The van der Waals surface area contributed by atoms with E-state index in [1.165, 1.54) is 4.90 Å². The van der Waals surface area contributed by atoms with Crippen LogP contribution in [0.4, 0.5) is 4.79 Å². The van der Waals surface area contributed by atoms with Crippen LogP contribution in [0.5, 0.6) is 0 Å². The molecule has 0 aromatic carbocycles. The summed E-state index contributed by atoms with van der Waals surface area (Å²) in [5.74, 6) is -0.886. The third-order valence-corrected chi connectivity index (χ3v) is 4.07. The molecule has 5 heteroatoms. The normalized spacial score (nSPS) is 30.9. The zero-order valence-corrected chi connectivity index (χ0v) is 11.9. The standard InChI is InChI=1S/C14H23NO4/c1-13(2,3)19-12(18)15-10-6-4-8-14(15,11(16)17)9-5-7-10/h10H,4-9H2,1-3H3,(H,16,17). The molecular weight excluding hydrogens is 246 g/mol. The molecule has 2 aliphatic rings. The van der Waals surface area contributed by atoms with Gasteiger partial charge in [-0.3, -0.25) is 4.90 Å². The highest BCUT2D eigenvalue weighted by Crippen LogP contribution is 2.43. The van der Waals surface area contributed by atoms with Gasteiger partial charge in [-0.25, -0.2) is 9.59 Å². The van der Waals surface area contributed by atoms with E-state index in [9.17, 15) is 14.7 Å². The molecule has 19 heavy (non-hydrogen) atoms. The SMILES string of the molecule is CC(C)(C)OC(=O)N1C2CCCC1(C(=O)O)CCC2. The second-order valence-corrected chi connectivity index (χ2v) is 6.63. The molecule has 2 saturated heterocycles. The molecule has 0 aromatic rings. The molecule has 0 unspecified atom stereocenters. The van der Waals surface area contributed by atoms with E-state index >= 15 is 0 Å². The summed E-state index contributed by atoms with van der Waals surface area (Å²) in [6.07, 6.45) is 4.12. The molecule has 0 spiro atoms. The Morgan fingerprint density at radius 3 is 2.16 bits per heavy atom. The molecule has 2 bridgehead atoms. The number of hydrogen-bond acceptors (Lipinski definition) is 3. The van der Waals surface area contributed by atoms with Gasteiger partial charge in [-0.2, -0.15) is 0 Å². The van der Waals surface area contributed by atoms with Crippen LogP contribution in [-0.4, -0.2) is 39.3 Å². The van der Waals surface area contributed by atoms with Crippen molar-refractivity contribution in [1.82, 2.24) is 4.90 Å². The minimum atomic E-state index is -1.04. The molecule has 2 fully saturated rings. The first-order chi connectivity index (χ1) is 8.76. The molecule has 0 saturated carbocycles. The summed E-state index contributed by atoms with van der Waals surface area (Å²) in [6.45, 7) is 5.41. The second kappa shape index (κ2) is 4.69. The zero-order valence-electron chi connectivity index (χ0n) is 11.9. The van der Waals surface area contributed by atoms with E-state index in [0.29, 0.717) is 12.8 Å². The molecule has 2 aliphatic heterocycles. The molecule has 2 rings (SSSR count). The molecule has 0 aromatic heterocycles. The van der Waals surface area contributed by atoms with E-state index in [0.717, 1.165) is 25.7 Å². The highest BCUT2D eigenvalue weighted by molar-refractivity contribution is 5.85. The average molecular weight is 269 g/mol. The van der Waals surface area contributed by atoms with Crippen molar-refractivity contribution >= 4 is 12.1 Å². The summed E-state index contributed by atoms with van der Waals surface area (Å²) in [4.78, 5) is 25.6. The van der Waals surface area contributed by atoms with Gasteiger partial charge in [0.2, 0.25) is 0 Å². The molecule has 5 nitrogen and oxygen atoms in total. The number of rotatable bonds is 1. The Hall–Kier alpha value is -1.26. The number of carboxylic acids is 1. The quantitative estimate of drug-likeness (QED) is 0.794. The Labute approximate surface area is 113 Å². The highest BCUT2D eigenvalue weighted by atomic mass is 16.6. The average Bonchev–Trinajstić information content (AvgIpc) is 2.25. The minimum Gasteiger partial charge on any atom is -0.479 e. The monoisotopic (exact) mass is 269 g/mol. The van der Waals surface area contributed by atoms with Crippen molar-refractivity contribution in [2.75, 3.05) is 0 Å². The summed E-state index contributed by atoms with van der Waals surface area (Å²) in [5, 5.41) is 9.61. The third kappa shape index (κ3) is 2.55. The third-order valence-electron chi connectivity index (χ3n) is 4.07. The molecule has 1 amide bonds. The summed E-state index contributed by atoms with van der Waals surface area (Å²) >= 11 is 0. The van der Waals surface area contributed by atoms with Crippen LogP contribution in [0.2, 0.25) is 0 Å². The lowest BCUT2D eigenvalue weighted by atomic mass is 9.74. The molecular formula is C14H23NO4. The van der Waals surface area contributed by atoms with Gasteiger partial charge in [0.1, 0.15) is 11.1 Å². The van der Waals surface area contributed by atoms with E-state index in [2.05, 4.69) is 0 Å². The predicted molar refractivity (Wildman–Crippen MR) is 69.9 cm³/mol. The van der Waals surface area contributed by atoms with Crippen molar-refractivity contribution < 1.29 is 19.4 Å². The van der Waals surface area contributed by atoms with Crippen LogP contribution < -0.4 is 0 Å². The molecule has 1 N–H and O–H groups in total. The molecule has 0 radical (unpaired) electrons. The van der Waals surface area contributed by atoms with Crippen molar-refractivity contribution in [2.24, 2.45) is 0 Å². The van der Waals surface area contributed by atoms with Gasteiger partial charge in [0.25, 0.3) is 0 Å².